The highest BCUT2D eigenvalue weighted by Crippen LogP contribution is 2.44. The molecule has 1 saturated heterocycles. The number of carbonyl (C=O) groups is 3. The third kappa shape index (κ3) is 4.75. The van der Waals surface area contributed by atoms with Gasteiger partial charge in [-0.15, -0.1) is 0 Å². The summed E-state index contributed by atoms with van der Waals surface area (Å²) in [4.78, 5) is 39.5. The first-order valence-electron chi connectivity index (χ1n) is 12.2. The van der Waals surface area contributed by atoms with Gasteiger partial charge in [0.15, 0.2) is 0 Å². The van der Waals surface area contributed by atoms with Crippen molar-refractivity contribution in [3.05, 3.63) is 59.7 Å². The second-order valence-corrected chi connectivity index (χ2v) is 9.52. The molecule has 0 bridgehead atoms. The number of hydrogen-bond acceptors (Lipinski definition) is 5. The van der Waals surface area contributed by atoms with Crippen LogP contribution < -0.4 is 5.32 Å². The zero-order valence-corrected chi connectivity index (χ0v) is 19.6. The average Bonchev–Trinajstić information content (AvgIpc) is 3.65. The lowest BCUT2D eigenvalue weighted by atomic mass is 9.88. The first-order valence-corrected chi connectivity index (χ1v) is 12.2. The lowest BCUT2D eigenvalue weighted by molar-refractivity contribution is -0.144. The number of rotatable bonds is 8. The van der Waals surface area contributed by atoms with Crippen LogP contribution in [0.3, 0.4) is 0 Å². The molecule has 2 fully saturated rings. The number of carboxylic acid groups (broad SMARTS) is 1. The Kier molecular flexibility index (Phi) is 6.47. The third-order valence-corrected chi connectivity index (χ3v) is 7.26. The minimum absolute atomic E-state index is 0.0332. The molecule has 35 heavy (non-hydrogen) atoms. The van der Waals surface area contributed by atoms with Crippen molar-refractivity contribution in [1.29, 1.82) is 0 Å². The molecule has 2 amide bonds. The Hall–Kier alpha value is -3.39. The summed E-state index contributed by atoms with van der Waals surface area (Å²) in [7, 11) is 0. The van der Waals surface area contributed by atoms with Gasteiger partial charge in [0.05, 0.1) is 6.42 Å². The smallest absolute Gasteiger partial charge is 0.408 e. The monoisotopic (exact) mass is 478 g/mol. The number of alkyl carbamates (subject to hydrolysis) is 1. The van der Waals surface area contributed by atoms with Crippen LogP contribution in [0.25, 0.3) is 11.1 Å². The number of hydrogen-bond donors (Lipinski definition) is 2. The second-order valence-electron chi connectivity index (χ2n) is 9.52. The SMILES string of the molecule is O=C(O)CCN(C(=O)C1(NC(=O)OCC2c3ccccc3-c3ccccc32)CCOCC1)C1CC1. The molecule has 0 aromatic heterocycles. The molecule has 0 unspecified atom stereocenters. The van der Waals surface area contributed by atoms with Crippen molar-refractivity contribution in [2.75, 3.05) is 26.4 Å². The number of nitrogens with one attached hydrogen (secondary N) is 1. The number of ether oxygens (including phenoxy) is 2. The molecule has 8 nitrogen and oxygen atoms in total. The van der Waals surface area contributed by atoms with E-state index >= 15 is 0 Å². The molecular weight excluding hydrogens is 448 g/mol. The molecule has 1 saturated carbocycles. The normalized spacial score (nSPS) is 18.3. The summed E-state index contributed by atoms with van der Waals surface area (Å²) in [5.74, 6) is -1.26. The summed E-state index contributed by atoms with van der Waals surface area (Å²) in [5, 5.41) is 12.0. The van der Waals surface area contributed by atoms with E-state index in [0.29, 0.717) is 26.1 Å². The van der Waals surface area contributed by atoms with Crippen molar-refractivity contribution in [3.63, 3.8) is 0 Å². The zero-order chi connectivity index (χ0) is 24.4. The highest BCUT2D eigenvalue weighted by atomic mass is 16.5. The van der Waals surface area contributed by atoms with Gasteiger partial charge in [-0.1, -0.05) is 48.5 Å². The zero-order valence-electron chi connectivity index (χ0n) is 19.6. The topological polar surface area (TPSA) is 105 Å². The van der Waals surface area contributed by atoms with Gasteiger partial charge in [0.1, 0.15) is 12.1 Å². The summed E-state index contributed by atoms with van der Waals surface area (Å²) >= 11 is 0. The largest absolute Gasteiger partial charge is 0.481 e. The minimum Gasteiger partial charge on any atom is -0.481 e. The van der Waals surface area contributed by atoms with Crippen LogP contribution in [0.5, 0.6) is 0 Å². The van der Waals surface area contributed by atoms with Crippen LogP contribution in [0, 0.1) is 0 Å². The fourth-order valence-electron chi connectivity index (χ4n) is 5.27. The Morgan fingerprint density at radius 3 is 2.17 bits per heavy atom. The number of fused-ring (bicyclic) bond motifs is 3. The number of amides is 2. The van der Waals surface area contributed by atoms with E-state index in [-0.39, 0.29) is 37.4 Å². The van der Waals surface area contributed by atoms with Gasteiger partial charge in [0.25, 0.3) is 0 Å². The lowest BCUT2D eigenvalue weighted by Gasteiger charge is -2.40. The van der Waals surface area contributed by atoms with Gasteiger partial charge in [-0.2, -0.15) is 0 Å². The van der Waals surface area contributed by atoms with Gasteiger partial charge in [0, 0.05) is 44.6 Å². The number of nitrogens with zero attached hydrogens (tertiary/aromatic N) is 1. The van der Waals surface area contributed by atoms with Crippen molar-refractivity contribution in [1.82, 2.24) is 10.2 Å². The predicted octanol–water partition coefficient (Wildman–Crippen LogP) is 3.54. The molecule has 3 aliphatic rings. The fraction of sp³-hybridized carbons (Fsp3) is 0.444. The van der Waals surface area contributed by atoms with E-state index in [0.717, 1.165) is 35.1 Å². The fourth-order valence-corrected chi connectivity index (χ4v) is 5.27. The summed E-state index contributed by atoms with van der Waals surface area (Å²) in [5.41, 5.74) is 3.37. The van der Waals surface area contributed by atoms with Crippen LogP contribution in [0.4, 0.5) is 4.79 Å². The van der Waals surface area contributed by atoms with Gasteiger partial charge in [-0.25, -0.2) is 4.79 Å². The van der Waals surface area contributed by atoms with Crippen LogP contribution in [0.1, 0.15) is 49.1 Å². The Morgan fingerprint density at radius 2 is 1.60 bits per heavy atom. The van der Waals surface area contributed by atoms with E-state index < -0.39 is 17.6 Å². The Labute approximate surface area is 204 Å². The number of aliphatic carboxylic acids is 1. The molecule has 0 atom stereocenters. The van der Waals surface area contributed by atoms with Crippen LogP contribution >= 0.6 is 0 Å². The summed E-state index contributed by atoms with van der Waals surface area (Å²) < 4.78 is 11.2. The van der Waals surface area contributed by atoms with Crippen molar-refractivity contribution >= 4 is 18.0 Å². The average molecular weight is 479 g/mol. The Balaban J connectivity index is 1.30. The lowest BCUT2D eigenvalue weighted by Crippen LogP contribution is -2.62. The Morgan fingerprint density at radius 1 is 1.00 bits per heavy atom. The van der Waals surface area contributed by atoms with Gasteiger partial charge >= 0.3 is 12.1 Å². The molecule has 184 valence electrons. The van der Waals surface area contributed by atoms with Crippen LogP contribution in [0.15, 0.2) is 48.5 Å². The number of benzene rings is 2. The standard InChI is InChI=1S/C27H30N2O6/c30-24(31)11-14-29(18-9-10-18)25(32)27(12-15-34-16-13-27)28-26(33)35-17-23-21-7-3-1-5-19(21)20-6-2-4-8-22(20)23/h1-8,18,23H,9-17H2,(H,28,33)(H,30,31). The van der Waals surface area contributed by atoms with E-state index in [9.17, 15) is 14.4 Å². The molecule has 2 aromatic rings. The van der Waals surface area contributed by atoms with Crippen molar-refractivity contribution in [2.45, 2.75) is 49.6 Å². The van der Waals surface area contributed by atoms with Crippen molar-refractivity contribution in [3.8, 4) is 11.1 Å². The van der Waals surface area contributed by atoms with Gasteiger partial charge in [0.2, 0.25) is 5.91 Å². The third-order valence-electron chi connectivity index (χ3n) is 7.26. The first kappa shape index (κ1) is 23.4. The van der Waals surface area contributed by atoms with Gasteiger partial charge in [-0.3, -0.25) is 9.59 Å². The van der Waals surface area contributed by atoms with E-state index in [2.05, 4.69) is 29.6 Å². The highest BCUT2D eigenvalue weighted by Gasteiger charge is 2.47. The molecule has 5 rings (SSSR count). The molecule has 0 spiro atoms. The maximum Gasteiger partial charge on any atom is 0.408 e. The van der Waals surface area contributed by atoms with Crippen LogP contribution in [0.2, 0.25) is 0 Å². The highest BCUT2D eigenvalue weighted by molar-refractivity contribution is 5.91. The van der Waals surface area contributed by atoms with Crippen molar-refractivity contribution in [2.24, 2.45) is 0 Å². The maximum absolute atomic E-state index is 13.6. The first-order chi connectivity index (χ1) is 17.0. The quantitative estimate of drug-likeness (QED) is 0.601. The van der Waals surface area contributed by atoms with E-state index in [1.54, 1.807) is 4.90 Å². The Bertz CT molecular complexity index is 1080. The summed E-state index contributed by atoms with van der Waals surface area (Å²) in [6.45, 7) is 0.972. The summed E-state index contributed by atoms with van der Waals surface area (Å²) in [6.07, 6.45) is 1.58. The van der Waals surface area contributed by atoms with E-state index in [1.165, 1.54) is 0 Å². The second kappa shape index (κ2) is 9.70. The number of carboxylic acids is 1. The minimum atomic E-state index is -1.15. The molecule has 2 aromatic carbocycles. The van der Waals surface area contributed by atoms with E-state index in [1.807, 2.05) is 24.3 Å². The molecule has 1 heterocycles. The molecule has 0 radical (unpaired) electrons. The molecule has 2 N–H and O–H groups in total. The van der Waals surface area contributed by atoms with Crippen LogP contribution in [-0.4, -0.2) is 65.9 Å². The van der Waals surface area contributed by atoms with Crippen LogP contribution in [-0.2, 0) is 19.1 Å². The molecule has 2 aliphatic carbocycles. The van der Waals surface area contributed by atoms with Gasteiger partial charge in [-0.05, 0) is 35.1 Å². The van der Waals surface area contributed by atoms with E-state index in [4.69, 9.17) is 14.6 Å². The molecule has 1 aliphatic heterocycles. The summed E-state index contributed by atoms with van der Waals surface area (Å²) in [6, 6.07) is 16.3. The predicted molar refractivity (Wildman–Crippen MR) is 128 cm³/mol. The molecular formula is C27H30N2O6. The maximum atomic E-state index is 13.6. The van der Waals surface area contributed by atoms with Gasteiger partial charge < -0.3 is 24.8 Å². The molecule has 8 heteroatoms. The number of carbonyl (C=O) groups excluding carboxylic acids is 2. The van der Waals surface area contributed by atoms with Crippen molar-refractivity contribution < 1.29 is 29.0 Å².